The first-order valence-electron chi connectivity index (χ1n) is 6.77. The smallest absolute Gasteiger partial charge is 0.123 e. The Labute approximate surface area is 116 Å². The Hall–Kier alpha value is -1.10. The molecule has 0 amide bonds. The van der Waals surface area contributed by atoms with Gasteiger partial charge in [-0.3, -0.25) is 4.90 Å². The molecular formula is C15H26N2O2. The topological polar surface area (TPSA) is 47.7 Å². The summed E-state index contributed by atoms with van der Waals surface area (Å²) >= 11 is 0. The fourth-order valence-corrected chi connectivity index (χ4v) is 2.56. The Morgan fingerprint density at radius 2 is 1.95 bits per heavy atom. The van der Waals surface area contributed by atoms with E-state index in [0.717, 1.165) is 17.9 Å². The molecule has 2 unspecified atom stereocenters. The summed E-state index contributed by atoms with van der Waals surface area (Å²) in [5, 5.41) is 0. The molecule has 0 fully saturated rings. The van der Waals surface area contributed by atoms with Crippen molar-refractivity contribution in [3.63, 3.8) is 0 Å². The minimum Gasteiger partial charge on any atom is -0.496 e. The van der Waals surface area contributed by atoms with Gasteiger partial charge in [0.25, 0.3) is 0 Å². The number of rotatable bonds is 8. The average Bonchev–Trinajstić information content (AvgIpc) is 2.44. The number of ether oxygens (including phenoxy) is 2. The van der Waals surface area contributed by atoms with Gasteiger partial charge >= 0.3 is 0 Å². The zero-order chi connectivity index (χ0) is 14.3. The molecule has 0 aromatic heterocycles. The molecule has 1 rings (SSSR count). The van der Waals surface area contributed by atoms with Gasteiger partial charge in [0.1, 0.15) is 5.75 Å². The van der Waals surface area contributed by atoms with Crippen LogP contribution in [0, 0.1) is 0 Å². The lowest BCUT2D eigenvalue weighted by Crippen LogP contribution is -2.42. The third-order valence-electron chi connectivity index (χ3n) is 3.46. The van der Waals surface area contributed by atoms with Crippen molar-refractivity contribution in [1.29, 1.82) is 0 Å². The van der Waals surface area contributed by atoms with Crippen LogP contribution in [0.4, 0.5) is 0 Å². The number of nitrogens with two attached hydrogens (primary N) is 1. The van der Waals surface area contributed by atoms with Crippen LogP contribution >= 0.6 is 0 Å². The highest BCUT2D eigenvalue weighted by atomic mass is 16.5. The van der Waals surface area contributed by atoms with Crippen molar-refractivity contribution in [3.05, 3.63) is 29.8 Å². The van der Waals surface area contributed by atoms with Crippen LogP contribution in [-0.2, 0) is 4.74 Å². The van der Waals surface area contributed by atoms with E-state index in [2.05, 4.69) is 24.8 Å². The summed E-state index contributed by atoms with van der Waals surface area (Å²) in [4.78, 5) is 2.35. The van der Waals surface area contributed by atoms with E-state index in [9.17, 15) is 0 Å². The Bertz CT molecular complexity index is 371. The second-order valence-corrected chi connectivity index (χ2v) is 4.63. The van der Waals surface area contributed by atoms with E-state index in [1.165, 1.54) is 0 Å². The summed E-state index contributed by atoms with van der Waals surface area (Å²) in [5.74, 6) is 0.890. The van der Waals surface area contributed by atoms with Crippen LogP contribution in [-0.4, -0.2) is 44.9 Å². The highest BCUT2D eigenvalue weighted by Gasteiger charge is 2.24. The standard InChI is InChI=1S/C15H26N2O2/c1-5-17(12(2)11-18-3)14(10-16)13-8-6-7-9-15(13)19-4/h6-9,12,14H,5,10-11,16H2,1-4H3. The zero-order valence-electron chi connectivity index (χ0n) is 12.4. The number of hydrogen-bond donors (Lipinski definition) is 1. The van der Waals surface area contributed by atoms with E-state index in [4.69, 9.17) is 15.2 Å². The van der Waals surface area contributed by atoms with Gasteiger partial charge < -0.3 is 15.2 Å². The van der Waals surface area contributed by atoms with Gasteiger partial charge in [-0.25, -0.2) is 0 Å². The molecule has 4 heteroatoms. The molecular weight excluding hydrogens is 240 g/mol. The third-order valence-corrected chi connectivity index (χ3v) is 3.46. The zero-order valence-corrected chi connectivity index (χ0v) is 12.4. The van der Waals surface area contributed by atoms with Crippen LogP contribution in [0.3, 0.4) is 0 Å². The number of hydrogen-bond acceptors (Lipinski definition) is 4. The maximum absolute atomic E-state index is 6.00. The van der Waals surface area contributed by atoms with E-state index in [1.807, 2.05) is 18.2 Å². The summed E-state index contributed by atoms with van der Waals surface area (Å²) in [6.45, 7) is 6.47. The minimum atomic E-state index is 0.145. The lowest BCUT2D eigenvalue weighted by molar-refractivity contribution is 0.0743. The Morgan fingerprint density at radius 3 is 2.47 bits per heavy atom. The van der Waals surface area contributed by atoms with Crippen LogP contribution in [0.25, 0.3) is 0 Å². The molecule has 0 spiro atoms. The van der Waals surface area contributed by atoms with Crippen LogP contribution < -0.4 is 10.5 Å². The quantitative estimate of drug-likeness (QED) is 0.782. The van der Waals surface area contributed by atoms with Crippen molar-refractivity contribution in [2.24, 2.45) is 5.73 Å². The van der Waals surface area contributed by atoms with Crippen LogP contribution in [0.15, 0.2) is 24.3 Å². The fourth-order valence-electron chi connectivity index (χ4n) is 2.56. The van der Waals surface area contributed by atoms with Crippen molar-refractivity contribution in [1.82, 2.24) is 4.90 Å². The number of nitrogens with zero attached hydrogens (tertiary/aromatic N) is 1. The molecule has 0 aliphatic carbocycles. The molecule has 2 atom stereocenters. The molecule has 0 bridgehead atoms. The first-order valence-corrected chi connectivity index (χ1v) is 6.77. The van der Waals surface area contributed by atoms with E-state index in [-0.39, 0.29) is 6.04 Å². The van der Waals surface area contributed by atoms with Gasteiger partial charge in [-0.1, -0.05) is 25.1 Å². The second kappa shape index (κ2) is 8.15. The monoisotopic (exact) mass is 266 g/mol. The van der Waals surface area contributed by atoms with Gasteiger partial charge in [0.05, 0.1) is 19.8 Å². The molecule has 1 aromatic rings. The number of likely N-dealkylation sites (N-methyl/N-ethyl adjacent to an activating group) is 1. The lowest BCUT2D eigenvalue weighted by Gasteiger charge is -2.35. The van der Waals surface area contributed by atoms with Gasteiger partial charge in [-0.05, 0) is 19.5 Å². The molecule has 0 radical (unpaired) electrons. The summed E-state index contributed by atoms with van der Waals surface area (Å²) in [6.07, 6.45) is 0. The highest BCUT2D eigenvalue weighted by molar-refractivity contribution is 5.36. The SMILES string of the molecule is CCN(C(C)COC)C(CN)c1ccccc1OC. The minimum absolute atomic E-state index is 0.145. The molecule has 0 aliphatic heterocycles. The number of para-hydroxylation sites is 1. The lowest BCUT2D eigenvalue weighted by atomic mass is 10.0. The van der Waals surface area contributed by atoms with Gasteiger partial charge in [-0.15, -0.1) is 0 Å². The first-order chi connectivity index (χ1) is 9.19. The normalized spacial score (nSPS) is 14.4. The predicted molar refractivity (Wildman–Crippen MR) is 78.5 cm³/mol. The van der Waals surface area contributed by atoms with E-state index in [0.29, 0.717) is 19.2 Å². The predicted octanol–water partition coefficient (Wildman–Crippen LogP) is 2.05. The summed E-state index contributed by atoms with van der Waals surface area (Å²) in [7, 11) is 3.42. The maximum atomic E-state index is 6.00. The molecule has 2 N–H and O–H groups in total. The number of benzene rings is 1. The van der Waals surface area contributed by atoms with Crippen molar-refractivity contribution >= 4 is 0 Å². The molecule has 1 aromatic carbocycles. The highest BCUT2D eigenvalue weighted by Crippen LogP contribution is 2.29. The Morgan fingerprint density at radius 1 is 1.26 bits per heavy atom. The fraction of sp³-hybridized carbons (Fsp3) is 0.600. The van der Waals surface area contributed by atoms with E-state index >= 15 is 0 Å². The van der Waals surface area contributed by atoms with Crippen molar-refractivity contribution in [2.45, 2.75) is 25.9 Å². The van der Waals surface area contributed by atoms with Gasteiger partial charge in [0.15, 0.2) is 0 Å². The average molecular weight is 266 g/mol. The van der Waals surface area contributed by atoms with Crippen molar-refractivity contribution in [3.8, 4) is 5.75 Å². The molecule has 19 heavy (non-hydrogen) atoms. The summed E-state index contributed by atoms with van der Waals surface area (Å²) in [5.41, 5.74) is 7.14. The third kappa shape index (κ3) is 3.93. The van der Waals surface area contributed by atoms with Gasteiger partial charge in [-0.2, -0.15) is 0 Å². The van der Waals surface area contributed by atoms with Crippen molar-refractivity contribution in [2.75, 3.05) is 33.9 Å². The van der Waals surface area contributed by atoms with Crippen LogP contribution in [0.1, 0.15) is 25.5 Å². The van der Waals surface area contributed by atoms with E-state index in [1.54, 1.807) is 14.2 Å². The maximum Gasteiger partial charge on any atom is 0.123 e. The van der Waals surface area contributed by atoms with E-state index < -0.39 is 0 Å². The number of methoxy groups -OCH3 is 2. The van der Waals surface area contributed by atoms with Crippen LogP contribution in [0.2, 0.25) is 0 Å². The largest absolute Gasteiger partial charge is 0.496 e. The van der Waals surface area contributed by atoms with Gasteiger partial charge in [0, 0.05) is 25.3 Å². The molecule has 0 saturated carbocycles. The Kier molecular flexibility index (Phi) is 6.84. The first kappa shape index (κ1) is 16.0. The van der Waals surface area contributed by atoms with Crippen LogP contribution in [0.5, 0.6) is 5.75 Å². The molecule has 108 valence electrons. The van der Waals surface area contributed by atoms with Crippen molar-refractivity contribution < 1.29 is 9.47 Å². The Balaban J connectivity index is 3.02. The molecule has 0 saturated heterocycles. The summed E-state index contributed by atoms with van der Waals surface area (Å²) < 4.78 is 10.7. The second-order valence-electron chi connectivity index (χ2n) is 4.63. The molecule has 0 aliphatic rings. The molecule has 0 heterocycles. The van der Waals surface area contributed by atoms with Gasteiger partial charge in [0.2, 0.25) is 0 Å². The summed E-state index contributed by atoms with van der Waals surface area (Å²) in [6, 6.07) is 8.52. The molecule has 4 nitrogen and oxygen atoms in total.